The highest BCUT2D eigenvalue weighted by atomic mass is 16.3. The molecule has 0 aliphatic carbocycles. The molecule has 0 amide bonds. The average Bonchev–Trinajstić information content (AvgIpc) is 2.37. The average molecular weight is 261 g/mol. The van der Waals surface area contributed by atoms with E-state index in [-0.39, 0.29) is 12.7 Å². The smallest absolute Gasteiger partial charge is 0.0540 e. The second kappa shape index (κ2) is 8.71. The van der Waals surface area contributed by atoms with E-state index in [1.165, 1.54) is 5.56 Å². The number of aliphatic hydroxyl groups excluding tert-OH is 2. The van der Waals surface area contributed by atoms with Gasteiger partial charge in [0.1, 0.15) is 0 Å². The van der Waals surface area contributed by atoms with Crippen molar-refractivity contribution in [2.24, 2.45) is 0 Å². The van der Waals surface area contributed by atoms with Crippen molar-refractivity contribution in [2.75, 3.05) is 20.2 Å². The molecule has 19 heavy (non-hydrogen) atoms. The molecule has 0 radical (unpaired) electrons. The monoisotopic (exact) mass is 261 g/mol. The lowest BCUT2D eigenvalue weighted by atomic mass is 10.1. The van der Waals surface area contributed by atoms with Gasteiger partial charge < -0.3 is 15.1 Å². The van der Waals surface area contributed by atoms with Crippen molar-refractivity contribution >= 4 is 0 Å². The van der Waals surface area contributed by atoms with Gasteiger partial charge in [-0.25, -0.2) is 0 Å². The van der Waals surface area contributed by atoms with Crippen LogP contribution in [0.25, 0.3) is 0 Å². The lowest BCUT2D eigenvalue weighted by Gasteiger charge is -2.17. The van der Waals surface area contributed by atoms with E-state index in [0.29, 0.717) is 6.42 Å². The van der Waals surface area contributed by atoms with Crippen LogP contribution < -0.4 is 0 Å². The van der Waals surface area contributed by atoms with Crippen molar-refractivity contribution in [1.29, 1.82) is 0 Å². The quantitative estimate of drug-likeness (QED) is 0.765. The summed E-state index contributed by atoms with van der Waals surface area (Å²) in [6, 6.07) is 8.13. The van der Waals surface area contributed by atoms with Crippen molar-refractivity contribution < 1.29 is 10.2 Å². The van der Waals surface area contributed by atoms with Crippen molar-refractivity contribution in [3.63, 3.8) is 0 Å². The molecule has 1 unspecified atom stereocenters. The van der Waals surface area contributed by atoms with E-state index in [1.807, 2.05) is 26.1 Å². The summed E-state index contributed by atoms with van der Waals surface area (Å²) < 4.78 is 0. The fourth-order valence-electron chi connectivity index (χ4n) is 1.77. The van der Waals surface area contributed by atoms with Crippen molar-refractivity contribution in [1.82, 2.24) is 4.90 Å². The Hall–Kier alpha value is -1.34. The maximum atomic E-state index is 9.27. The molecule has 1 aromatic carbocycles. The number of benzene rings is 1. The third-order valence-corrected chi connectivity index (χ3v) is 2.78. The highest BCUT2D eigenvalue weighted by Crippen LogP contribution is 2.07. The first-order chi connectivity index (χ1) is 9.11. The van der Waals surface area contributed by atoms with Crippen LogP contribution in [0, 0.1) is 11.8 Å². The number of hydrogen-bond donors (Lipinski definition) is 2. The molecule has 0 aliphatic rings. The third-order valence-electron chi connectivity index (χ3n) is 2.78. The zero-order chi connectivity index (χ0) is 14.1. The minimum atomic E-state index is -0.252. The number of rotatable bonds is 6. The van der Waals surface area contributed by atoms with E-state index in [2.05, 4.69) is 28.9 Å². The lowest BCUT2D eigenvalue weighted by molar-refractivity contribution is 0.163. The molecule has 1 atom stereocenters. The standard InChI is InChI=1S/C16H23NO2/c1-14(19)9-10-17(2)13-16-8-5-7-15(12-16)6-3-4-11-18/h5,7-8,12,14,18-19H,4,9-11,13H2,1-2H3. The predicted molar refractivity (Wildman–Crippen MR) is 77.7 cm³/mol. The fourth-order valence-corrected chi connectivity index (χ4v) is 1.77. The molecule has 1 aromatic rings. The van der Waals surface area contributed by atoms with Gasteiger partial charge in [-0.2, -0.15) is 0 Å². The molecule has 0 aromatic heterocycles. The molecular formula is C16H23NO2. The topological polar surface area (TPSA) is 43.7 Å². The highest BCUT2D eigenvalue weighted by molar-refractivity contribution is 5.37. The summed E-state index contributed by atoms with van der Waals surface area (Å²) in [5.74, 6) is 5.97. The summed E-state index contributed by atoms with van der Waals surface area (Å²) in [5, 5.41) is 18.0. The van der Waals surface area contributed by atoms with E-state index >= 15 is 0 Å². The Bertz CT molecular complexity index is 432. The molecule has 0 fully saturated rings. The van der Waals surface area contributed by atoms with Crippen molar-refractivity contribution in [2.45, 2.75) is 32.4 Å². The molecule has 0 saturated carbocycles. The molecule has 0 bridgehead atoms. The van der Waals surface area contributed by atoms with Gasteiger partial charge in [0.2, 0.25) is 0 Å². The second-order valence-electron chi connectivity index (χ2n) is 4.85. The van der Waals surface area contributed by atoms with Crippen LogP contribution in [0.5, 0.6) is 0 Å². The summed E-state index contributed by atoms with van der Waals surface area (Å²) in [6.45, 7) is 3.64. The Morgan fingerprint density at radius 3 is 2.84 bits per heavy atom. The van der Waals surface area contributed by atoms with Crippen LogP contribution in [0.3, 0.4) is 0 Å². The van der Waals surface area contributed by atoms with E-state index < -0.39 is 0 Å². The van der Waals surface area contributed by atoms with Crippen molar-refractivity contribution in [3.05, 3.63) is 35.4 Å². The number of hydrogen-bond acceptors (Lipinski definition) is 3. The molecule has 104 valence electrons. The van der Waals surface area contributed by atoms with Crippen LogP contribution in [-0.4, -0.2) is 41.4 Å². The van der Waals surface area contributed by atoms with Gasteiger partial charge in [-0.15, -0.1) is 0 Å². The molecule has 0 saturated heterocycles. The molecule has 3 heteroatoms. The minimum absolute atomic E-state index is 0.106. The van der Waals surface area contributed by atoms with Crippen LogP contribution in [0.1, 0.15) is 30.9 Å². The summed E-state index contributed by atoms with van der Waals surface area (Å²) in [7, 11) is 2.05. The first kappa shape index (κ1) is 15.7. The van der Waals surface area contributed by atoms with Crippen LogP contribution >= 0.6 is 0 Å². The second-order valence-corrected chi connectivity index (χ2v) is 4.85. The van der Waals surface area contributed by atoms with Crippen LogP contribution in [-0.2, 0) is 6.54 Å². The van der Waals surface area contributed by atoms with E-state index in [4.69, 9.17) is 5.11 Å². The van der Waals surface area contributed by atoms with E-state index in [1.54, 1.807) is 0 Å². The molecule has 3 nitrogen and oxygen atoms in total. The Labute approximate surface area is 115 Å². The zero-order valence-corrected chi connectivity index (χ0v) is 11.8. The van der Waals surface area contributed by atoms with Crippen LogP contribution in [0.2, 0.25) is 0 Å². The Morgan fingerprint density at radius 1 is 1.37 bits per heavy atom. The number of aliphatic hydroxyl groups is 2. The summed E-state index contributed by atoms with van der Waals surface area (Å²) in [5.41, 5.74) is 2.19. The highest BCUT2D eigenvalue weighted by Gasteiger charge is 2.03. The number of nitrogens with zero attached hydrogens (tertiary/aromatic N) is 1. The van der Waals surface area contributed by atoms with Gasteiger partial charge in [-0.05, 0) is 38.1 Å². The fraction of sp³-hybridized carbons (Fsp3) is 0.500. The van der Waals surface area contributed by atoms with Crippen LogP contribution in [0.15, 0.2) is 24.3 Å². The van der Waals surface area contributed by atoms with Gasteiger partial charge >= 0.3 is 0 Å². The lowest BCUT2D eigenvalue weighted by Crippen LogP contribution is -2.22. The zero-order valence-electron chi connectivity index (χ0n) is 11.8. The Morgan fingerprint density at radius 2 is 2.16 bits per heavy atom. The first-order valence-corrected chi connectivity index (χ1v) is 6.67. The molecule has 1 rings (SSSR count). The Balaban J connectivity index is 2.55. The first-order valence-electron chi connectivity index (χ1n) is 6.67. The Kier molecular flexibility index (Phi) is 7.20. The third kappa shape index (κ3) is 6.97. The van der Waals surface area contributed by atoms with Gasteiger partial charge in [-0.1, -0.05) is 24.0 Å². The van der Waals surface area contributed by atoms with Gasteiger partial charge in [0, 0.05) is 25.1 Å². The van der Waals surface area contributed by atoms with Gasteiger partial charge in [-0.3, -0.25) is 0 Å². The largest absolute Gasteiger partial charge is 0.395 e. The minimum Gasteiger partial charge on any atom is -0.395 e. The van der Waals surface area contributed by atoms with Gasteiger partial charge in [0.25, 0.3) is 0 Å². The SMILES string of the molecule is CC(O)CCN(C)Cc1cccc(C#CCCO)c1. The maximum absolute atomic E-state index is 9.27. The molecule has 0 aliphatic heterocycles. The molecular weight excluding hydrogens is 238 g/mol. The maximum Gasteiger partial charge on any atom is 0.0540 e. The molecule has 2 N–H and O–H groups in total. The summed E-state index contributed by atoms with van der Waals surface area (Å²) >= 11 is 0. The summed E-state index contributed by atoms with van der Waals surface area (Å²) in [4.78, 5) is 2.19. The molecule has 0 heterocycles. The van der Waals surface area contributed by atoms with E-state index in [9.17, 15) is 5.11 Å². The van der Waals surface area contributed by atoms with Crippen molar-refractivity contribution in [3.8, 4) is 11.8 Å². The normalized spacial score (nSPS) is 12.1. The predicted octanol–water partition coefficient (Wildman–Crippen LogP) is 1.62. The summed E-state index contributed by atoms with van der Waals surface area (Å²) in [6.07, 6.45) is 1.04. The van der Waals surface area contributed by atoms with E-state index in [0.717, 1.165) is 25.1 Å². The van der Waals surface area contributed by atoms with Gasteiger partial charge in [0.05, 0.1) is 12.7 Å². The van der Waals surface area contributed by atoms with Crippen LogP contribution in [0.4, 0.5) is 0 Å². The van der Waals surface area contributed by atoms with Gasteiger partial charge in [0.15, 0.2) is 0 Å². The molecule has 0 spiro atoms.